The molecule has 45 heavy (non-hydrogen) atoms. The molecule has 0 bridgehead atoms. The molecule has 2 aromatic rings. The molecule has 0 N–H and O–H groups in total. The Hall–Kier alpha value is -1.64. The van der Waals surface area contributed by atoms with Crippen molar-refractivity contribution in [3.8, 4) is 0 Å². The first-order chi connectivity index (χ1) is 22.0. The second kappa shape index (κ2) is 24.5. The van der Waals surface area contributed by atoms with E-state index in [1.165, 1.54) is 152 Å². The maximum Gasteiger partial charge on any atom is 0.261 e. The van der Waals surface area contributed by atoms with E-state index in [1.807, 2.05) is 0 Å². The third-order valence-electron chi connectivity index (χ3n) is 9.68. The molecule has 0 saturated heterocycles. The molecule has 0 spiro atoms. The minimum absolute atomic E-state index is 0.0393. The highest BCUT2D eigenvalue weighted by molar-refractivity contribution is 6.99. The molecule has 0 fully saturated rings. The van der Waals surface area contributed by atoms with Gasteiger partial charge in [-0.05, 0) is 53.9 Å². The first-order valence-corrected chi connectivity index (χ1v) is 21.3. The summed E-state index contributed by atoms with van der Waals surface area (Å²) in [5.74, 6) is 0. The molecule has 2 rings (SSSR count). The van der Waals surface area contributed by atoms with Crippen molar-refractivity contribution in [2.45, 2.75) is 187 Å². The van der Waals surface area contributed by atoms with Crippen molar-refractivity contribution in [3.63, 3.8) is 0 Å². The number of hydrogen-bond acceptors (Lipinski definition) is 1. The number of benzene rings is 2. The van der Waals surface area contributed by atoms with E-state index in [0.717, 1.165) is 0 Å². The summed E-state index contributed by atoms with van der Waals surface area (Å²) in [4.78, 5) is 0. The van der Waals surface area contributed by atoms with Crippen LogP contribution in [0.3, 0.4) is 0 Å². The molecular weight excluding hydrogens is 561 g/mol. The lowest BCUT2D eigenvalue weighted by Gasteiger charge is -2.45. The van der Waals surface area contributed by atoms with Gasteiger partial charge in [-0.15, -0.1) is 0 Å². The highest BCUT2D eigenvalue weighted by Crippen LogP contribution is 2.38. The van der Waals surface area contributed by atoms with Crippen LogP contribution in [0.2, 0.25) is 5.04 Å². The van der Waals surface area contributed by atoms with Gasteiger partial charge >= 0.3 is 0 Å². The zero-order valence-corrected chi connectivity index (χ0v) is 31.5. The summed E-state index contributed by atoms with van der Waals surface area (Å²) in [6.45, 7) is 11.9. The predicted octanol–water partition coefficient (Wildman–Crippen LogP) is 13.1. The van der Waals surface area contributed by atoms with Crippen LogP contribution in [-0.2, 0) is 4.43 Å². The molecular formula is C43H72OSi. The number of unbranched alkanes of at least 4 members (excludes halogenated alkanes) is 17. The monoisotopic (exact) mass is 633 g/mol. The Bertz CT molecular complexity index is 921. The van der Waals surface area contributed by atoms with Crippen LogP contribution in [0.1, 0.15) is 176 Å². The van der Waals surface area contributed by atoms with E-state index in [1.54, 1.807) is 0 Å². The molecule has 254 valence electrons. The van der Waals surface area contributed by atoms with Crippen LogP contribution in [0.5, 0.6) is 0 Å². The van der Waals surface area contributed by atoms with Gasteiger partial charge in [0.15, 0.2) is 0 Å². The van der Waals surface area contributed by atoms with Crippen molar-refractivity contribution in [1.82, 2.24) is 0 Å². The molecule has 2 heteroatoms. The van der Waals surface area contributed by atoms with E-state index < -0.39 is 8.32 Å². The first-order valence-electron chi connectivity index (χ1n) is 19.4. The van der Waals surface area contributed by atoms with Gasteiger partial charge in [-0.1, -0.05) is 210 Å². The summed E-state index contributed by atoms with van der Waals surface area (Å²) in [6, 6.07) is 22.5. The van der Waals surface area contributed by atoms with Gasteiger partial charge in [-0.2, -0.15) is 0 Å². The summed E-state index contributed by atoms with van der Waals surface area (Å²) >= 11 is 0. The number of rotatable bonds is 27. The molecule has 1 nitrogen and oxygen atoms in total. The lowest BCUT2D eigenvalue weighted by atomic mass is 10.0. The molecule has 0 aromatic heterocycles. The normalized spacial score (nSPS) is 13.1. The van der Waals surface area contributed by atoms with Crippen LogP contribution in [0.4, 0.5) is 0 Å². The fourth-order valence-electron chi connectivity index (χ4n) is 6.98. The van der Waals surface area contributed by atoms with Crippen LogP contribution in [0.25, 0.3) is 0 Å². The van der Waals surface area contributed by atoms with Crippen LogP contribution in [0, 0.1) is 0 Å². The third kappa shape index (κ3) is 15.7. The summed E-state index contributed by atoms with van der Waals surface area (Å²) in [6.07, 6.45) is 34.7. The van der Waals surface area contributed by atoms with Gasteiger partial charge < -0.3 is 4.43 Å². The van der Waals surface area contributed by atoms with Crippen molar-refractivity contribution >= 4 is 18.7 Å². The molecule has 1 unspecified atom stereocenters. The van der Waals surface area contributed by atoms with Crippen LogP contribution < -0.4 is 10.4 Å². The van der Waals surface area contributed by atoms with E-state index in [2.05, 4.69) is 107 Å². The van der Waals surface area contributed by atoms with Crippen molar-refractivity contribution < 1.29 is 4.43 Å². The molecule has 0 aliphatic heterocycles. The Morgan fingerprint density at radius 1 is 0.511 bits per heavy atom. The summed E-state index contributed by atoms with van der Waals surface area (Å²) in [5.41, 5.74) is 0. The SMILES string of the molecule is CCCCCCC/C=C\CCCCCCCCC(CCCCCCCCC)O[Si](c1ccccc1)(c1ccccc1)C(C)(C)C. The highest BCUT2D eigenvalue weighted by atomic mass is 28.4. The molecule has 0 radical (unpaired) electrons. The van der Waals surface area contributed by atoms with Gasteiger partial charge in [0.2, 0.25) is 0 Å². The molecule has 0 heterocycles. The Balaban J connectivity index is 1.94. The minimum atomic E-state index is -2.51. The first kappa shape index (κ1) is 39.5. The second-order valence-electron chi connectivity index (χ2n) is 14.7. The zero-order chi connectivity index (χ0) is 32.5. The van der Waals surface area contributed by atoms with E-state index in [0.29, 0.717) is 6.10 Å². The number of allylic oxidation sites excluding steroid dienone is 2. The highest BCUT2D eigenvalue weighted by Gasteiger charge is 2.51. The summed E-state index contributed by atoms with van der Waals surface area (Å²) in [5, 5.41) is 2.87. The average Bonchev–Trinajstić information content (AvgIpc) is 3.04. The Morgan fingerprint density at radius 3 is 1.24 bits per heavy atom. The molecule has 0 aliphatic rings. The van der Waals surface area contributed by atoms with E-state index >= 15 is 0 Å². The topological polar surface area (TPSA) is 9.23 Å². The molecule has 1 atom stereocenters. The Labute approximate surface area is 282 Å². The van der Waals surface area contributed by atoms with E-state index in [-0.39, 0.29) is 5.04 Å². The van der Waals surface area contributed by atoms with Crippen molar-refractivity contribution in [2.24, 2.45) is 0 Å². The van der Waals surface area contributed by atoms with Gasteiger partial charge in [-0.3, -0.25) is 0 Å². The summed E-state index contributed by atoms with van der Waals surface area (Å²) in [7, 11) is -2.51. The van der Waals surface area contributed by atoms with Gasteiger partial charge in [0, 0.05) is 6.10 Å². The molecule has 0 saturated carbocycles. The molecule has 2 aromatic carbocycles. The van der Waals surface area contributed by atoms with Crippen LogP contribution in [0.15, 0.2) is 72.8 Å². The second-order valence-corrected chi connectivity index (χ2v) is 18.9. The van der Waals surface area contributed by atoms with Gasteiger partial charge in [-0.25, -0.2) is 0 Å². The quantitative estimate of drug-likeness (QED) is 0.0541. The Kier molecular flexibility index (Phi) is 21.5. The third-order valence-corrected chi connectivity index (χ3v) is 14.8. The standard InChI is InChI=1S/C43H72OSi/c1-6-8-10-12-14-15-16-17-18-19-20-21-23-25-29-35-40(34-28-24-22-13-11-9-7-2)44-45(43(3,4)5,41-36-30-26-31-37-41)42-38-32-27-33-39-42/h16-17,26-27,30-33,36-40H,6-15,18-25,28-29,34-35H2,1-5H3/b17-16-. The lowest BCUT2D eigenvalue weighted by molar-refractivity contribution is 0.160. The smallest absolute Gasteiger partial charge is 0.261 e. The van der Waals surface area contributed by atoms with Crippen molar-refractivity contribution in [3.05, 3.63) is 72.8 Å². The van der Waals surface area contributed by atoms with E-state index in [4.69, 9.17) is 4.43 Å². The molecule has 0 aliphatic carbocycles. The molecule has 0 amide bonds. The van der Waals surface area contributed by atoms with Crippen LogP contribution in [-0.4, -0.2) is 14.4 Å². The predicted molar refractivity (Wildman–Crippen MR) is 205 cm³/mol. The largest absolute Gasteiger partial charge is 0.404 e. The van der Waals surface area contributed by atoms with Gasteiger partial charge in [0.1, 0.15) is 0 Å². The van der Waals surface area contributed by atoms with E-state index in [9.17, 15) is 0 Å². The van der Waals surface area contributed by atoms with Crippen molar-refractivity contribution in [2.75, 3.05) is 0 Å². The fourth-order valence-corrected chi connectivity index (χ4v) is 11.7. The maximum absolute atomic E-state index is 7.67. The van der Waals surface area contributed by atoms with Gasteiger partial charge in [0.25, 0.3) is 8.32 Å². The number of hydrogen-bond donors (Lipinski definition) is 0. The zero-order valence-electron chi connectivity index (χ0n) is 30.5. The fraction of sp³-hybridized carbons (Fsp3) is 0.674. The summed E-state index contributed by atoms with van der Waals surface area (Å²) < 4.78 is 7.67. The van der Waals surface area contributed by atoms with Crippen molar-refractivity contribution in [1.29, 1.82) is 0 Å². The Morgan fingerprint density at radius 2 is 0.867 bits per heavy atom. The maximum atomic E-state index is 7.67. The average molecular weight is 633 g/mol. The lowest BCUT2D eigenvalue weighted by Crippen LogP contribution is -2.67. The minimum Gasteiger partial charge on any atom is -0.404 e. The van der Waals surface area contributed by atoms with Gasteiger partial charge in [0.05, 0.1) is 0 Å². The van der Waals surface area contributed by atoms with Crippen LogP contribution >= 0.6 is 0 Å².